The summed E-state index contributed by atoms with van der Waals surface area (Å²) in [6.07, 6.45) is 0.00540. The van der Waals surface area contributed by atoms with Crippen LogP contribution in [-0.4, -0.2) is 27.8 Å². The quantitative estimate of drug-likeness (QED) is 0.430. The number of ether oxygens (including phenoxy) is 1. The molecule has 1 fully saturated rings. The fourth-order valence-electron chi connectivity index (χ4n) is 4.42. The number of hydrogen-bond donors (Lipinski definition) is 2. The fourth-order valence-corrected chi connectivity index (χ4v) is 5.95. The van der Waals surface area contributed by atoms with Crippen LogP contribution >= 0.6 is 0 Å². The lowest BCUT2D eigenvalue weighted by Gasteiger charge is -2.26. The molecule has 0 unspecified atom stereocenters. The van der Waals surface area contributed by atoms with Gasteiger partial charge in [0.1, 0.15) is 11.6 Å². The lowest BCUT2D eigenvalue weighted by atomic mass is 9.91. The van der Waals surface area contributed by atoms with E-state index in [1.807, 2.05) is 12.1 Å². The van der Waals surface area contributed by atoms with Crippen molar-refractivity contribution < 1.29 is 22.1 Å². The number of hydrogen-bond acceptors (Lipinski definition) is 5. The third-order valence-electron chi connectivity index (χ3n) is 6.26. The van der Waals surface area contributed by atoms with Crippen LogP contribution in [-0.2, 0) is 9.73 Å². The molecule has 0 bridgehead atoms. The summed E-state index contributed by atoms with van der Waals surface area (Å²) in [7, 11) is -0.921. The zero-order valence-electron chi connectivity index (χ0n) is 18.4. The number of pyridine rings is 1. The van der Waals surface area contributed by atoms with Gasteiger partial charge in [-0.25, -0.2) is 17.4 Å². The van der Waals surface area contributed by atoms with Crippen molar-refractivity contribution in [3.05, 3.63) is 65.1 Å². The molecule has 1 aromatic heterocycles. The van der Waals surface area contributed by atoms with E-state index in [0.717, 1.165) is 17.0 Å². The van der Waals surface area contributed by atoms with E-state index in [1.54, 1.807) is 26.3 Å². The van der Waals surface area contributed by atoms with E-state index in [0.29, 0.717) is 41.3 Å². The van der Waals surface area contributed by atoms with Crippen molar-refractivity contribution >= 4 is 26.3 Å². The normalized spacial score (nSPS) is 21.8. The molecule has 3 aromatic rings. The van der Waals surface area contributed by atoms with Gasteiger partial charge in [0.25, 0.3) is 6.43 Å². The highest BCUT2D eigenvalue weighted by molar-refractivity contribution is 7.92. The van der Waals surface area contributed by atoms with Gasteiger partial charge >= 0.3 is 0 Å². The van der Waals surface area contributed by atoms with E-state index in [-0.39, 0.29) is 11.5 Å². The van der Waals surface area contributed by atoms with Crippen LogP contribution in [0.2, 0.25) is 0 Å². The second-order valence-electron chi connectivity index (χ2n) is 8.38. The van der Waals surface area contributed by atoms with Crippen molar-refractivity contribution in [3.8, 4) is 5.75 Å². The van der Waals surface area contributed by atoms with Crippen molar-refractivity contribution in [3.63, 3.8) is 0 Å². The second kappa shape index (κ2) is 9.21. The molecule has 0 amide bonds. The summed E-state index contributed by atoms with van der Waals surface area (Å²) in [5, 5.41) is 4.04. The lowest BCUT2D eigenvalue weighted by Crippen LogP contribution is -2.21. The molecule has 0 radical (unpaired) electrons. The van der Waals surface area contributed by atoms with Gasteiger partial charge in [-0.1, -0.05) is 18.2 Å². The van der Waals surface area contributed by atoms with E-state index in [2.05, 4.69) is 10.3 Å². The van der Waals surface area contributed by atoms with Gasteiger partial charge in [0, 0.05) is 50.1 Å². The monoisotopic (exact) mass is 477 g/mol. The Labute approximate surface area is 191 Å². The third-order valence-corrected chi connectivity index (χ3v) is 8.05. The van der Waals surface area contributed by atoms with E-state index in [9.17, 15) is 17.4 Å². The molecule has 1 saturated heterocycles. The van der Waals surface area contributed by atoms with Crippen molar-refractivity contribution in [1.82, 2.24) is 4.98 Å². The standard InChI is InChI=1S/C24H26F3N3O2S/c1-14(16-4-3-5-17(23(16)25)24(26)27)30-20-6-9-29-21-13-22(32-2)18(12-19(20)21)15-7-10-33(28,31)11-8-15/h3-6,9,12-15,24,28H,7-8,10-11H2,1-2H3,(H,29,30)/t14-,15?,33?/m1/s1. The molecule has 0 saturated carbocycles. The van der Waals surface area contributed by atoms with E-state index < -0.39 is 33.6 Å². The average molecular weight is 478 g/mol. The van der Waals surface area contributed by atoms with Gasteiger partial charge < -0.3 is 10.1 Å². The number of nitrogens with zero attached hydrogens (tertiary/aromatic N) is 1. The van der Waals surface area contributed by atoms with Crippen molar-refractivity contribution in [2.24, 2.45) is 0 Å². The summed E-state index contributed by atoms with van der Waals surface area (Å²) in [6.45, 7) is 1.72. The highest BCUT2D eigenvalue weighted by Gasteiger charge is 2.26. The van der Waals surface area contributed by atoms with Crippen LogP contribution in [0, 0.1) is 10.6 Å². The summed E-state index contributed by atoms with van der Waals surface area (Å²) in [6, 6.07) is 9.03. The molecule has 1 aliphatic heterocycles. The maximum Gasteiger partial charge on any atom is 0.266 e. The first-order valence-corrected chi connectivity index (χ1v) is 12.6. The molecule has 1 aliphatic rings. The topological polar surface area (TPSA) is 75.1 Å². The highest BCUT2D eigenvalue weighted by atomic mass is 32.2. The Morgan fingerprint density at radius 2 is 1.88 bits per heavy atom. The summed E-state index contributed by atoms with van der Waals surface area (Å²) < 4.78 is 66.5. The van der Waals surface area contributed by atoms with E-state index >= 15 is 0 Å². The smallest absolute Gasteiger partial charge is 0.266 e. The van der Waals surface area contributed by atoms with Gasteiger partial charge in [0.2, 0.25) is 0 Å². The number of methoxy groups -OCH3 is 1. The molecular formula is C24H26F3N3O2S. The van der Waals surface area contributed by atoms with E-state index in [4.69, 9.17) is 9.52 Å². The van der Waals surface area contributed by atoms with Gasteiger partial charge in [-0.2, -0.15) is 0 Å². The SMILES string of the molecule is COc1cc2nccc(N[C@H](C)c3cccc(C(F)F)c3F)c2cc1C1CCS(=N)(=O)CC1. The minimum Gasteiger partial charge on any atom is -0.496 e. The molecule has 2 N–H and O–H groups in total. The van der Waals surface area contributed by atoms with Crippen LogP contribution in [0.4, 0.5) is 18.9 Å². The van der Waals surface area contributed by atoms with Gasteiger partial charge in [0.15, 0.2) is 0 Å². The number of anilines is 1. The first kappa shape index (κ1) is 23.4. The van der Waals surface area contributed by atoms with Crippen LogP contribution in [0.1, 0.15) is 54.8 Å². The van der Waals surface area contributed by atoms with Gasteiger partial charge in [0.05, 0.1) is 24.2 Å². The molecule has 0 aliphatic carbocycles. The molecule has 176 valence electrons. The number of benzene rings is 2. The predicted molar refractivity (Wildman–Crippen MR) is 124 cm³/mol. The Morgan fingerprint density at radius 1 is 1.18 bits per heavy atom. The zero-order valence-corrected chi connectivity index (χ0v) is 19.2. The highest BCUT2D eigenvalue weighted by Crippen LogP contribution is 2.39. The minimum atomic E-state index is -2.89. The molecule has 5 nitrogen and oxygen atoms in total. The second-order valence-corrected chi connectivity index (χ2v) is 10.8. The average Bonchev–Trinajstić information content (AvgIpc) is 2.78. The summed E-state index contributed by atoms with van der Waals surface area (Å²) in [4.78, 5) is 4.43. The first-order chi connectivity index (χ1) is 15.7. The van der Waals surface area contributed by atoms with Crippen LogP contribution in [0.15, 0.2) is 42.6 Å². The maximum absolute atomic E-state index is 14.7. The fraction of sp³-hybridized carbons (Fsp3) is 0.375. The Hall–Kier alpha value is -2.81. The molecule has 0 spiro atoms. The van der Waals surface area contributed by atoms with Crippen LogP contribution in [0.5, 0.6) is 5.75 Å². The molecule has 33 heavy (non-hydrogen) atoms. The number of nitrogens with one attached hydrogen (secondary N) is 2. The zero-order chi connectivity index (χ0) is 23.8. The third kappa shape index (κ3) is 4.78. The Balaban J connectivity index is 1.71. The van der Waals surface area contributed by atoms with Crippen molar-refractivity contribution in [2.45, 2.75) is 38.2 Å². The Morgan fingerprint density at radius 3 is 2.55 bits per heavy atom. The summed E-state index contributed by atoms with van der Waals surface area (Å²) in [5.41, 5.74) is 1.86. The van der Waals surface area contributed by atoms with Crippen molar-refractivity contribution in [1.29, 1.82) is 4.78 Å². The molecule has 2 heterocycles. The van der Waals surface area contributed by atoms with E-state index in [1.165, 1.54) is 12.1 Å². The maximum atomic E-state index is 14.7. The molecule has 4 rings (SSSR count). The Kier molecular flexibility index (Phi) is 6.52. The largest absolute Gasteiger partial charge is 0.496 e. The lowest BCUT2D eigenvalue weighted by molar-refractivity contribution is 0.146. The first-order valence-electron chi connectivity index (χ1n) is 10.7. The minimum absolute atomic E-state index is 0.106. The molecular weight excluding hydrogens is 451 g/mol. The number of rotatable bonds is 6. The number of alkyl halides is 2. The number of aromatic nitrogens is 1. The van der Waals surface area contributed by atoms with Crippen LogP contribution in [0.25, 0.3) is 10.9 Å². The van der Waals surface area contributed by atoms with Crippen LogP contribution in [0.3, 0.4) is 0 Å². The van der Waals surface area contributed by atoms with Gasteiger partial charge in [-0.15, -0.1) is 0 Å². The summed E-state index contributed by atoms with van der Waals surface area (Å²) in [5.74, 6) is 0.588. The molecule has 1 atom stereocenters. The van der Waals surface area contributed by atoms with Crippen molar-refractivity contribution in [2.75, 3.05) is 23.9 Å². The number of fused-ring (bicyclic) bond motifs is 1. The van der Waals surface area contributed by atoms with Gasteiger partial charge in [-0.3, -0.25) is 9.76 Å². The Bertz CT molecular complexity index is 1270. The molecule has 9 heteroatoms. The summed E-state index contributed by atoms with van der Waals surface area (Å²) >= 11 is 0. The predicted octanol–water partition coefficient (Wildman–Crippen LogP) is 6.42. The van der Waals surface area contributed by atoms with Crippen LogP contribution < -0.4 is 10.1 Å². The van der Waals surface area contributed by atoms with Gasteiger partial charge in [-0.05, 0) is 43.4 Å². The molecule has 2 aromatic carbocycles. The number of halogens is 3.